The first-order valence-electron chi connectivity index (χ1n) is 6.96. The van der Waals surface area contributed by atoms with E-state index >= 15 is 0 Å². The van der Waals surface area contributed by atoms with E-state index in [1.54, 1.807) is 18.2 Å². The normalized spacial score (nSPS) is 12.8. The highest BCUT2D eigenvalue weighted by molar-refractivity contribution is 6.31. The fourth-order valence-corrected chi connectivity index (χ4v) is 2.81. The Balaban J connectivity index is 1.68. The Morgan fingerprint density at radius 2 is 2.10 bits per heavy atom. The average molecular weight is 302 g/mol. The van der Waals surface area contributed by atoms with Crippen molar-refractivity contribution in [1.29, 1.82) is 0 Å². The minimum absolute atomic E-state index is 0.0564. The zero-order valence-corrected chi connectivity index (χ0v) is 12.3. The number of fused-ring (bicyclic) bond motifs is 1. The minimum Gasteiger partial charge on any atom is -0.493 e. The lowest BCUT2D eigenvalue weighted by atomic mass is 10.0. The maximum atomic E-state index is 12.2. The van der Waals surface area contributed by atoms with E-state index in [1.807, 2.05) is 12.1 Å². The highest BCUT2D eigenvalue weighted by Gasteiger charge is 2.13. The lowest BCUT2D eigenvalue weighted by Crippen LogP contribution is -2.02. The van der Waals surface area contributed by atoms with Gasteiger partial charge < -0.3 is 10.5 Å². The Morgan fingerprint density at radius 1 is 1.24 bits per heavy atom. The van der Waals surface area contributed by atoms with Gasteiger partial charge in [0.2, 0.25) is 0 Å². The van der Waals surface area contributed by atoms with Gasteiger partial charge in [-0.25, -0.2) is 0 Å². The van der Waals surface area contributed by atoms with E-state index in [9.17, 15) is 4.79 Å². The molecule has 108 valence electrons. The number of nitrogens with two attached hydrogens (primary N) is 1. The number of hydrogen-bond donors (Lipinski definition) is 1. The molecule has 3 nitrogen and oxygen atoms in total. The van der Waals surface area contributed by atoms with Crippen LogP contribution in [0.3, 0.4) is 0 Å². The summed E-state index contributed by atoms with van der Waals surface area (Å²) in [6.07, 6.45) is 2.10. The van der Waals surface area contributed by atoms with Crippen LogP contribution in [-0.4, -0.2) is 12.4 Å². The molecule has 1 aliphatic rings. The van der Waals surface area contributed by atoms with E-state index < -0.39 is 0 Å². The topological polar surface area (TPSA) is 52.3 Å². The summed E-state index contributed by atoms with van der Waals surface area (Å²) in [4.78, 5) is 12.2. The molecule has 21 heavy (non-hydrogen) atoms. The van der Waals surface area contributed by atoms with Crippen LogP contribution in [0.5, 0.6) is 5.75 Å². The van der Waals surface area contributed by atoms with E-state index in [1.165, 1.54) is 5.56 Å². The number of aryl methyl sites for hydroxylation is 1. The number of rotatable bonds is 4. The SMILES string of the molecule is Nc1cc(Cl)cc(C(=O)CCc2ccc3c(c2)CCO3)c1. The summed E-state index contributed by atoms with van der Waals surface area (Å²) < 4.78 is 5.48. The molecule has 0 saturated carbocycles. The molecular weight excluding hydrogens is 286 g/mol. The maximum Gasteiger partial charge on any atom is 0.163 e. The third-order valence-electron chi connectivity index (χ3n) is 3.64. The fourth-order valence-electron chi connectivity index (χ4n) is 2.57. The zero-order valence-electron chi connectivity index (χ0n) is 11.6. The Hall–Kier alpha value is -2.00. The molecule has 0 aromatic heterocycles. The summed E-state index contributed by atoms with van der Waals surface area (Å²) in [6.45, 7) is 0.750. The van der Waals surface area contributed by atoms with E-state index in [0.29, 0.717) is 29.1 Å². The lowest BCUT2D eigenvalue weighted by Gasteiger charge is -2.05. The molecule has 0 amide bonds. The number of hydrogen-bond acceptors (Lipinski definition) is 3. The molecule has 2 aromatic rings. The summed E-state index contributed by atoms with van der Waals surface area (Å²) in [6, 6.07) is 11.1. The van der Waals surface area contributed by atoms with Crippen molar-refractivity contribution in [2.24, 2.45) is 0 Å². The first-order valence-corrected chi connectivity index (χ1v) is 7.33. The standard InChI is InChI=1S/C17H16ClNO2/c18-14-8-13(9-15(19)10-14)16(20)3-1-11-2-4-17-12(7-11)5-6-21-17/h2,4,7-10H,1,3,5-6,19H2. The Bertz CT molecular complexity index is 677. The molecule has 3 rings (SSSR count). The number of Topliss-reactive ketones (excluding diaryl/α,β-unsaturated/α-hetero) is 1. The van der Waals surface area contributed by atoms with Gasteiger partial charge in [-0.05, 0) is 41.8 Å². The number of carbonyl (C=O) groups excluding carboxylic acids is 1. The molecule has 0 radical (unpaired) electrons. The number of halogens is 1. The second kappa shape index (κ2) is 5.78. The van der Waals surface area contributed by atoms with Crippen molar-refractivity contribution < 1.29 is 9.53 Å². The van der Waals surface area contributed by atoms with Crippen LogP contribution in [0.4, 0.5) is 5.69 Å². The molecule has 0 unspecified atom stereocenters. The molecule has 2 aromatic carbocycles. The van der Waals surface area contributed by atoms with Crippen LogP contribution in [0.2, 0.25) is 5.02 Å². The summed E-state index contributed by atoms with van der Waals surface area (Å²) in [5, 5.41) is 0.494. The number of anilines is 1. The fraction of sp³-hybridized carbons (Fsp3) is 0.235. The highest BCUT2D eigenvalue weighted by Crippen LogP contribution is 2.26. The number of nitrogen functional groups attached to an aromatic ring is 1. The van der Waals surface area contributed by atoms with Gasteiger partial charge >= 0.3 is 0 Å². The van der Waals surface area contributed by atoms with E-state index in [0.717, 1.165) is 24.3 Å². The molecule has 0 fully saturated rings. The second-order valence-corrected chi connectivity index (χ2v) is 5.67. The van der Waals surface area contributed by atoms with Crippen molar-refractivity contribution in [2.75, 3.05) is 12.3 Å². The molecule has 0 spiro atoms. The molecule has 1 aliphatic heterocycles. The smallest absolute Gasteiger partial charge is 0.163 e. The van der Waals surface area contributed by atoms with Crippen molar-refractivity contribution in [3.63, 3.8) is 0 Å². The predicted octanol–water partition coefficient (Wildman–Crippen LogP) is 3.67. The molecule has 0 aliphatic carbocycles. The van der Waals surface area contributed by atoms with Crippen molar-refractivity contribution >= 4 is 23.1 Å². The van der Waals surface area contributed by atoms with Crippen molar-refractivity contribution in [2.45, 2.75) is 19.3 Å². The molecule has 2 N–H and O–H groups in total. The maximum absolute atomic E-state index is 12.2. The first kappa shape index (κ1) is 14.0. The van der Waals surface area contributed by atoms with Crippen LogP contribution in [0.15, 0.2) is 36.4 Å². The number of ether oxygens (including phenoxy) is 1. The van der Waals surface area contributed by atoms with E-state index in [-0.39, 0.29) is 5.78 Å². The third kappa shape index (κ3) is 3.19. The van der Waals surface area contributed by atoms with Gasteiger partial charge in [0.15, 0.2) is 5.78 Å². The van der Waals surface area contributed by atoms with Crippen LogP contribution >= 0.6 is 11.6 Å². The second-order valence-electron chi connectivity index (χ2n) is 5.24. The minimum atomic E-state index is 0.0564. The van der Waals surface area contributed by atoms with Gasteiger partial charge in [-0.3, -0.25) is 4.79 Å². The van der Waals surface area contributed by atoms with Crippen molar-refractivity contribution in [1.82, 2.24) is 0 Å². The van der Waals surface area contributed by atoms with Crippen molar-refractivity contribution in [3.05, 3.63) is 58.1 Å². The lowest BCUT2D eigenvalue weighted by molar-refractivity contribution is 0.0983. The summed E-state index contributed by atoms with van der Waals surface area (Å²) in [5.41, 5.74) is 9.19. The number of ketones is 1. The highest BCUT2D eigenvalue weighted by atomic mass is 35.5. The quantitative estimate of drug-likeness (QED) is 0.692. The summed E-state index contributed by atoms with van der Waals surface area (Å²) >= 11 is 5.93. The Labute approximate surface area is 128 Å². The van der Waals surface area contributed by atoms with Gasteiger partial charge in [-0.15, -0.1) is 0 Å². The van der Waals surface area contributed by atoms with E-state index in [4.69, 9.17) is 22.1 Å². The summed E-state index contributed by atoms with van der Waals surface area (Å²) in [7, 11) is 0. The number of carbonyl (C=O) groups is 1. The van der Waals surface area contributed by atoms with Gasteiger partial charge in [0.25, 0.3) is 0 Å². The van der Waals surface area contributed by atoms with Gasteiger partial charge in [0, 0.05) is 29.1 Å². The molecule has 0 saturated heterocycles. The van der Waals surface area contributed by atoms with Gasteiger partial charge in [0.1, 0.15) is 5.75 Å². The molecular formula is C17H16ClNO2. The zero-order chi connectivity index (χ0) is 14.8. The monoisotopic (exact) mass is 301 g/mol. The predicted molar refractivity (Wildman–Crippen MR) is 84.2 cm³/mol. The average Bonchev–Trinajstić information content (AvgIpc) is 2.91. The van der Waals surface area contributed by atoms with Crippen LogP contribution in [0.1, 0.15) is 27.9 Å². The first-order chi connectivity index (χ1) is 10.1. The molecule has 0 atom stereocenters. The Kier molecular flexibility index (Phi) is 3.84. The van der Waals surface area contributed by atoms with Crippen LogP contribution in [0, 0.1) is 0 Å². The molecule has 4 heteroatoms. The third-order valence-corrected chi connectivity index (χ3v) is 3.85. The van der Waals surface area contributed by atoms with Crippen LogP contribution < -0.4 is 10.5 Å². The largest absolute Gasteiger partial charge is 0.493 e. The Morgan fingerprint density at radius 3 is 2.90 bits per heavy atom. The van der Waals surface area contributed by atoms with Crippen LogP contribution in [0.25, 0.3) is 0 Å². The van der Waals surface area contributed by atoms with Gasteiger partial charge in [0.05, 0.1) is 6.61 Å². The molecule has 0 bridgehead atoms. The summed E-state index contributed by atoms with van der Waals surface area (Å²) in [5.74, 6) is 1.02. The van der Waals surface area contributed by atoms with Crippen molar-refractivity contribution in [3.8, 4) is 5.75 Å². The van der Waals surface area contributed by atoms with Gasteiger partial charge in [-0.2, -0.15) is 0 Å². The van der Waals surface area contributed by atoms with Gasteiger partial charge in [-0.1, -0.05) is 23.7 Å². The van der Waals surface area contributed by atoms with E-state index in [2.05, 4.69) is 6.07 Å². The van der Waals surface area contributed by atoms with Crippen LogP contribution in [-0.2, 0) is 12.8 Å². The molecule has 1 heterocycles. The number of benzene rings is 2.